The van der Waals surface area contributed by atoms with E-state index in [0.717, 1.165) is 16.5 Å². The number of hydrogen-bond acceptors (Lipinski definition) is 2. The van der Waals surface area contributed by atoms with Crippen LogP contribution in [0.4, 0.5) is 4.39 Å². The first-order chi connectivity index (χ1) is 9.47. The van der Waals surface area contributed by atoms with E-state index in [1.54, 1.807) is 11.0 Å². The van der Waals surface area contributed by atoms with E-state index in [9.17, 15) is 14.3 Å². The van der Waals surface area contributed by atoms with Gasteiger partial charge in [-0.3, -0.25) is 4.79 Å². The third-order valence-electron chi connectivity index (χ3n) is 3.89. The van der Waals surface area contributed by atoms with Crippen LogP contribution in [0.15, 0.2) is 22.7 Å². The van der Waals surface area contributed by atoms with Gasteiger partial charge < -0.3 is 10.0 Å². The lowest BCUT2D eigenvalue weighted by molar-refractivity contribution is -0.135. The van der Waals surface area contributed by atoms with Gasteiger partial charge in [-0.15, -0.1) is 0 Å². The summed E-state index contributed by atoms with van der Waals surface area (Å²) in [5.74, 6) is -0.0265. The predicted molar refractivity (Wildman–Crippen MR) is 78.8 cm³/mol. The summed E-state index contributed by atoms with van der Waals surface area (Å²) < 4.78 is 14.0. The molecule has 1 aliphatic rings. The molecule has 0 aliphatic carbocycles. The zero-order chi connectivity index (χ0) is 14.7. The molecular weight excluding hydrogens is 325 g/mol. The average Bonchev–Trinajstić information content (AvgIpc) is 2.42. The van der Waals surface area contributed by atoms with E-state index in [4.69, 9.17) is 0 Å². The van der Waals surface area contributed by atoms with Crippen molar-refractivity contribution in [2.45, 2.75) is 32.3 Å². The first-order valence-corrected chi connectivity index (χ1v) is 7.66. The van der Waals surface area contributed by atoms with Crippen LogP contribution in [0.1, 0.15) is 25.3 Å². The lowest BCUT2D eigenvalue weighted by Gasteiger charge is -2.34. The van der Waals surface area contributed by atoms with Crippen LogP contribution in [0, 0.1) is 11.7 Å². The molecule has 0 aromatic heterocycles. The van der Waals surface area contributed by atoms with Gasteiger partial charge in [-0.25, -0.2) is 4.39 Å². The number of aliphatic hydroxyl groups excluding tert-OH is 1. The number of β-amino-alcohol motifs (C(OH)–C–C–N with tert-alkyl or cyclic N) is 1. The summed E-state index contributed by atoms with van der Waals surface area (Å²) in [6.45, 7) is 3.10. The first kappa shape index (κ1) is 15.4. The Morgan fingerprint density at radius 1 is 1.55 bits per heavy atom. The lowest BCUT2D eigenvalue weighted by Crippen LogP contribution is -2.45. The van der Waals surface area contributed by atoms with Gasteiger partial charge in [0.15, 0.2) is 0 Å². The van der Waals surface area contributed by atoms with Crippen LogP contribution < -0.4 is 0 Å². The van der Waals surface area contributed by atoms with Gasteiger partial charge in [0, 0.05) is 24.0 Å². The number of halogens is 2. The van der Waals surface area contributed by atoms with E-state index >= 15 is 0 Å². The maximum atomic E-state index is 13.2. The first-order valence-electron chi connectivity index (χ1n) is 6.87. The molecule has 0 radical (unpaired) electrons. The van der Waals surface area contributed by atoms with E-state index in [1.807, 2.05) is 6.92 Å². The van der Waals surface area contributed by atoms with Gasteiger partial charge in [0.25, 0.3) is 0 Å². The number of aliphatic hydroxyl groups is 1. The molecule has 0 saturated carbocycles. The number of piperidine rings is 1. The van der Waals surface area contributed by atoms with Gasteiger partial charge in [0.05, 0.1) is 6.10 Å². The SMILES string of the molecule is C[C@@H]1CCN(C(=O)CCc2cc(F)ccc2Br)C[C@H]1O. The van der Waals surface area contributed by atoms with Crippen molar-refractivity contribution in [3.63, 3.8) is 0 Å². The minimum Gasteiger partial charge on any atom is -0.391 e. The highest BCUT2D eigenvalue weighted by molar-refractivity contribution is 9.10. The van der Waals surface area contributed by atoms with E-state index in [2.05, 4.69) is 15.9 Å². The fraction of sp³-hybridized carbons (Fsp3) is 0.533. The fourth-order valence-corrected chi connectivity index (χ4v) is 2.85. The topological polar surface area (TPSA) is 40.5 Å². The van der Waals surface area contributed by atoms with Crippen LogP contribution >= 0.6 is 15.9 Å². The number of nitrogens with zero attached hydrogens (tertiary/aromatic N) is 1. The molecular formula is C15H19BrFNO2. The summed E-state index contributed by atoms with van der Waals surface area (Å²) in [4.78, 5) is 13.8. The maximum Gasteiger partial charge on any atom is 0.222 e. The molecule has 1 amide bonds. The molecule has 1 heterocycles. The second-order valence-corrected chi connectivity index (χ2v) is 6.26. The lowest BCUT2D eigenvalue weighted by atomic mass is 9.95. The minimum atomic E-state index is -0.436. The van der Waals surface area contributed by atoms with E-state index in [-0.39, 0.29) is 17.6 Å². The summed E-state index contributed by atoms with van der Waals surface area (Å²) in [6, 6.07) is 4.49. The Morgan fingerprint density at radius 3 is 3.00 bits per heavy atom. The summed E-state index contributed by atoms with van der Waals surface area (Å²) in [5, 5.41) is 9.81. The number of rotatable bonds is 3. The van der Waals surface area contributed by atoms with E-state index in [1.165, 1.54) is 12.1 Å². The standard InChI is InChI=1S/C15H19BrFNO2/c1-10-6-7-18(9-14(10)19)15(20)5-2-11-8-12(17)3-4-13(11)16/h3-4,8,10,14,19H,2,5-7,9H2,1H3/t10-,14-/m1/s1. The monoisotopic (exact) mass is 343 g/mol. The number of likely N-dealkylation sites (tertiary alicyclic amines) is 1. The highest BCUT2D eigenvalue weighted by Gasteiger charge is 2.26. The molecule has 1 saturated heterocycles. The van der Waals surface area contributed by atoms with Crippen LogP contribution in [0.25, 0.3) is 0 Å². The zero-order valence-corrected chi connectivity index (χ0v) is 13.1. The molecule has 3 nitrogen and oxygen atoms in total. The third kappa shape index (κ3) is 3.79. The molecule has 2 atom stereocenters. The quantitative estimate of drug-likeness (QED) is 0.916. The molecule has 1 aliphatic heterocycles. The van der Waals surface area contributed by atoms with Gasteiger partial charge in [-0.05, 0) is 42.5 Å². The molecule has 1 aromatic carbocycles. The van der Waals surface area contributed by atoms with Gasteiger partial charge in [-0.2, -0.15) is 0 Å². The van der Waals surface area contributed by atoms with Crippen molar-refractivity contribution in [1.29, 1.82) is 0 Å². The molecule has 0 bridgehead atoms. The zero-order valence-electron chi connectivity index (χ0n) is 11.5. The summed E-state index contributed by atoms with van der Waals surface area (Å²) in [7, 11) is 0. The van der Waals surface area contributed by atoms with Crippen molar-refractivity contribution in [3.8, 4) is 0 Å². The van der Waals surface area contributed by atoms with Crippen molar-refractivity contribution in [2.75, 3.05) is 13.1 Å². The summed E-state index contributed by atoms with van der Waals surface area (Å²) >= 11 is 3.36. The Kier molecular flexibility index (Phi) is 5.16. The number of benzene rings is 1. The summed E-state index contributed by atoms with van der Waals surface area (Å²) in [5.41, 5.74) is 0.796. The second kappa shape index (κ2) is 6.68. The number of hydrogen-bond donors (Lipinski definition) is 1. The van der Waals surface area contributed by atoms with Crippen LogP contribution in [-0.2, 0) is 11.2 Å². The highest BCUT2D eigenvalue weighted by atomic mass is 79.9. The van der Waals surface area contributed by atoms with Crippen LogP contribution in [0.2, 0.25) is 0 Å². The Bertz CT molecular complexity index is 495. The van der Waals surface area contributed by atoms with Gasteiger partial charge in [0.1, 0.15) is 5.82 Å². The average molecular weight is 344 g/mol. The molecule has 0 unspecified atom stereocenters. The second-order valence-electron chi connectivity index (χ2n) is 5.41. The van der Waals surface area contributed by atoms with E-state index < -0.39 is 6.10 Å². The number of aryl methyl sites for hydroxylation is 1. The normalized spacial score (nSPS) is 22.9. The Hall–Kier alpha value is -0.940. The number of carbonyl (C=O) groups is 1. The Morgan fingerprint density at radius 2 is 2.30 bits per heavy atom. The maximum absolute atomic E-state index is 13.2. The smallest absolute Gasteiger partial charge is 0.222 e. The van der Waals surface area contributed by atoms with Crippen molar-refractivity contribution >= 4 is 21.8 Å². The number of carbonyl (C=O) groups excluding carboxylic acids is 1. The Labute approximate surface area is 126 Å². The van der Waals surface area contributed by atoms with Crippen LogP contribution in [0.5, 0.6) is 0 Å². The largest absolute Gasteiger partial charge is 0.391 e. The molecule has 1 aromatic rings. The molecule has 2 rings (SSSR count). The molecule has 20 heavy (non-hydrogen) atoms. The third-order valence-corrected chi connectivity index (χ3v) is 4.66. The van der Waals surface area contributed by atoms with Crippen LogP contribution in [-0.4, -0.2) is 35.1 Å². The van der Waals surface area contributed by atoms with Crippen molar-refractivity contribution in [1.82, 2.24) is 4.90 Å². The van der Waals surface area contributed by atoms with Crippen molar-refractivity contribution in [3.05, 3.63) is 34.1 Å². The molecule has 1 fully saturated rings. The number of amides is 1. The highest BCUT2D eigenvalue weighted by Crippen LogP contribution is 2.21. The predicted octanol–water partition coefficient (Wildman–Crippen LogP) is 2.75. The molecule has 0 spiro atoms. The van der Waals surface area contributed by atoms with Gasteiger partial charge >= 0.3 is 0 Å². The minimum absolute atomic E-state index is 0.0205. The van der Waals surface area contributed by atoms with Gasteiger partial charge in [-0.1, -0.05) is 22.9 Å². The van der Waals surface area contributed by atoms with Crippen LogP contribution in [0.3, 0.4) is 0 Å². The molecule has 110 valence electrons. The van der Waals surface area contributed by atoms with Gasteiger partial charge in [0.2, 0.25) is 5.91 Å². The van der Waals surface area contributed by atoms with Crippen molar-refractivity contribution < 1.29 is 14.3 Å². The summed E-state index contributed by atoms with van der Waals surface area (Å²) in [6.07, 6.45) is 1.23. The van der Waals surface area contributed by atoms with Crippen molar-refractivity contribution in [2.24, 2.45) is 5.92 Å². The van der Waals surface area contributed by atoms with E-state index in [0.29, 0.717) is 25.9 Å². The molecule has 1 N–H and O–H groups in total. The Balaban J connectivity index is 1.90. The molecule has 5 heteroatoms. The fourth-order valence-electron chi connectivity index (χ4n) is 2.41.